The Labute approximate surface area is 122 Å². The van der Waals surface area contributed by atoms with E-state index in [1.807, 2.05) is 49.4 Å². The number of rotatable bonds is 2. The van der Waals surface area contributed by atoms with Gasteiger partial charge in [0.15, 0.2) is 0 Å². The van der Waals surface area contributed by atoms with Crippen LogP contribution in [0, 0.1) is 6.92 Å². The van der Waals surface area contributed by atoms with Crippen LogP contribution < -0.4 is 11.1 Å². The standard InChI is InChI=1S/C17H15N3O/c1-11-3-2-4-14(9-11)20-17(21)16-15-10-13(18)6-5-12(15)7-8-19-16/h2-10H,18H2,1H3,(H,20,21). The highest BCUT2D eigenvalue weighted by molar-refractivity contribution is 6.11. The molecule has 1 aromatic heterocycles. The highest BCUT2D eigenvalue weighted by Gasteiger charge is 2.12. The number of anilines is 2. The van der Waals surface area contributed by atoms with Gasteiger partial charge in [-0.25, -0.2) is 0 Å². The van der Waals surface area contributed by atoms with Gasteiger partial charge in [0.05, 0.1) is 0 Å². The number of aromatic nitrogens is 1. The highest BCUT2D eigenvalue weighted by Crippen LogP contribution is 2.21. The molecule has 0 saturated carbocycles. The molecule has 0 radical (unpaired) electrons. The van der Waals surface area contributed by atoms with Crippen LogP contribution in [0.3, 0.4) is 0 Å². The molecule has 0 fully saturated rings. The maximum Gasteiger partial charge on any atom is 0.274 e. The summed E-state index contributed by atoms with van der Waals surface area (Å²) in [5.74, 6) is -0.239. The molecule has 0 bridgehead atoms. The average molecular weight is 277 g/mol. The third-order valence-corrected chi connectivity index (χ3v) is 3.28. The van der Waals surface area contributed by atoms with Gasteiger partial charge in [0.25, 0.3) is 5.91 Å². The van der Waals surface area contributed by atoms with E-state index in [2.05, 4.69) is 10.3 Å². The van der Waals surface area contributed by atoms with E-state index in [-0.39, 0.29) is 5.91 Å². The number of nitrogens with zero attached hydrogens (tertiary/aromatic N) is 1. The molecule has 0 aliphatic carbocycles. The predicted molar refractivity (Wildman–Crippen MR) is 85.3 cm³/mol. The molecule has 1 amide bonds. The summed E-state index contributed by atoms with van der Waals surface area (Å²) >= 11 is 0. The summed E-state index contributed by atoms with van der Waals surface area (Å²) in [5.41, 5.74) is 8.63. The second-order valence-corrected chi connectivity index (χ2v) is 4.96. The molecule has 0 atom stereocenters. The number of carbonyl (C=O) groups is 1. The van der Waals surface area contributed by atoms with Crippen molar-refractivity contribution in [3.8, 4) is 0 Å². The van der Waals surface area contributed by atoms with Gasteiger partial charge in [0, 0.05) is 23.0 Å². The van der Waals surface area contributed by atoms with Crippen molar-refractivity contribution in [1.82, 2.24) is 4.98 Å². The van der Waals surface area contributed by atoms with Crippen molar-refractivity contribution in [2.45, 2.75) is 6.92 Å². The van der Waals surface area contributed by atoms with Crippen LogP contribution in [0.4, 0.5) is 11.4 Å². The molecule has 3 N–H and O–H groups in total. The van der Waals surface area contributed by atoms with E-state index < -0.39 is 0 Å². The van der Waals surface area contributed by atoms with E-state index in [9.17, 15) is 4.79 Å². The molecule has 0 aliphatic rings. The zero-order valence-electron chi connectivity index (χ0n) is 11.6. The summed E-state index contributed by atoms with van der Waals surface area (Å²) in [7, 11) is 0. The minimum atomic E-state index is -0.239. The Bertz CT molecular complexity index is 827. The minimum absolute atomic E-state index is 0.239. The summed E-state index contributed by atoms with van der Waals surface area (Å²) in [6, 6.07) is 15.0. The molecule has 21 heavy (non-hydrogen) atoms. The minimum Gasteiger partial charge on any atom is -0.399 e. The van der Waals surface area contributed by atoms with E-state index in [1.165, 1.54) is 0 Å². The van der Waals surface area contributed by atoms with Crippen LogP contribution in [0.15, 0.2) is 54.7 Å². The van der Waals surface area contributed by atoms with E-state index in [0.29, 0.717) is 11.4 Å². The van der Waals surface area contributed by atoms with Crippen molar-refractivity contribution in [2.75, 3.05) is 11.1 Å². The molecule has 0 spiro atoms. The van der Waals surface area contributed by atoms with Crippen LogP contribution in [0.2, 0.25) is 0 Å². The Morgan fingerprint density at radius 1 is 1.14 bits per heavy atom. The zero-order valence-corrected chi connectivity index (χ0v) is 11.6. The SMILES string of the molecule is Cc1cccc(NC(=O)c2nccc3ccc(N)cc23)c1. The molecule has 4 heteroatoms. The van der Waals surface area contributed by atoms with Gasteiger partial charge in [-0.2, -0.15) is 0 Å². The number of nitrogens with one attached hydrogen (secondary N) is 1. The second kappa shape index (κ2) is 5.25. The largest absolute Gasteiger partial charge is 0.399 e. The lowest BCUT2D eigenvalue weighted by Gasteiger charge is -2.08. The highest BCUT2D eigenvalue weighted by atomic mass is 16.1. The number of nitrogens with two attached hydrogens (primary N) is 1. The number of pyridine rings is 1. The van der Waals surface area contributed by atoms with Gasteiger partial charge in [0.2, 0.25) is 0 Å². The first-order chi connectivity index (χ1) is 10.1. The third-order valence-electron chi connectivity index (χ3n) is 3.28. The number of aryl methyl sites for hydroxylation is 1. The first-order valence-corrected chi connectivity index (χ1v) is 6.66. The summed E-state index contributed by atoms with van der Waals surface area (Å²) in [6.45, 7) is 1.98. The second-order valence-electron chi connectivity index (χ2n) is 4.96. The molecular weight excluding hydrogens is 262 g/mol. The number of amides is 1. The fourth-order valence-corrected chi connectivity index (χ4v) is 2.28. The van der Waals surface area contributed by atoms with Gasteiger partial charge in [0.1, 0.15) is 5.69 Å². The van der Waals surface area contributed by atoms with Crippen LogP contribution in [-0.2, 0) is 0 Å². The number of hydrogen-bond donors (Lipinski definition) is 2. The van der Waals surface area contributed by atoms with E-state index in [1.54, 1.807) is 12.3 Å². The lowest BCUT2D eigenvalue weighted by Crippen LogP contribution is -2.14. The molecule has 0 saturated heterocycles. The van der Waals surface area contributed by atoms with Gasteiger partial charge in [-0.1, -0.05) is 18.2 Å². The molecule has 4 nitrogen and oxygen atoms in total. The van der Waals surface area contributed by atoms with Crippen molar-refractivity contribution in [3.05, 3.63) is 66.0 Å². The molecule has 3 rings (SSSR count). The van der Waals surface area contributed by atoms with Crippen LogP contribution >= 0.6 is 0 Å². The lowest BCUT2D eigenvalue weighted by atomic mass is 10.1. The number of carbonyl (C=O) groups excluding carboxylic acids is 1. The molecule has 2 aromatic carbocycles. The Morgan fingerprint density at radius 2 is 2.00 bits per heavy atom. The van der Waals surface area contributed by atoms with Crippen LogP contribution in [0.25, 0.3) is 10.8 Å². The fraction of sp³-hybridized carbons (Fsp3) is 0.0588. The molecule has 1 heterocycles. The Balaban J connectivity index is 2.00. The van der Waals surface area contributed by atoms with Crippen molar-refractivity contribution >= 4 is 28.1 Å². The normalized spacial score (nSPS) is 10.5. The smallest absolute Gasteiger partial charge is 0.274 e. The molecular formula is C17H15N3O. The van der Waals surface area contributed by atoms with Crippen LogP contribution in [-0.4, -0.2) is 10.9 Å². The third kappa shape index (κ3) is 2.69. The zero-order chi connectivity index (χ0) is 14.8. The Hall–Kier alpha value is -2.88. The molecule has 3 aromatic rings. The predicted octanol–water partition coefficient (Wildman–Crippen LogP) is 3.38. The van der Waals surface area contributed by atoms with E-state index in [4.69, 9.17) is 5.73 Å². The van der Waals surface area contributed by atoms with Crippen molar-refractivity contribution in [2.24, 2.45) is 0 Å². The monoisotopic (exact) mass is 277 g/mol. The topological polar surface area (TPSA) is 68.0 Å². The molecule has 104 valence electrons. The Morgan fingerprint density at radius 3 is 2.81 bits per heavy atom. The summed E-state index contributed by atoms with van der Waals surface area (Å²) in [6.07, 6.45) is 1.63. The summed E-state index contributed by atoms with van der Waals surface area (Å²) in [5, 5.41) is 4.56. The first-order valence-electron chi connectivity index (χ1n) is 6.66. The quantitative estimate of drug-likeness (QED) is 0.706. The number of fused-ring (bicyclic) bond motifs is 1. The van der Waals surface area contributed by atoms with Gasteiger partial charge in [-0.05, 0) is 48.2 Å². The number of benzene rings is 2. The maximum absolute atomic E-state index is 12.4. The maximum atomic E-state index is 12.4. The lowest BCUT2D eigenvalue weighted by molar-refractivity contribution is 0.102. The van der Waals surface area contributed by atoms with Gasteiger partial charge in [-0.15, -0.1) is 0 Å². The van der Waals surface area contributed by atoms with Crippen molar-refractivity contribution < 1.29 is 4.79 Å². The van der Waals surface area contributed by atoms with Gasteiger partial charge < -0.3 is 11.1 Å². The molecule has 0 unspecified atom stereocenters. The van der Waals surface area contributed by atoms with E-state index in [0.717, 1.165) is 22.0 Å². The van der Waals surface area contributed by atoms with Gasteiger partial charge >= 0.3 is 0 Å². The number of nitrogen functional groups attached to an aromatic ring is 1. The summed E-state index contributed by atoms with van der Waals surface area (Å²) < 4.78 is 0. The average Bonchev–Trinajstić information content (AvgIpc) is 2.46. The van der Waals surface area contributed by atoms with E-state index >= 15 is 0 Å². The van der Waals surface area contributed by atoms with Crippen molar-refractivity contribution in [3.63, 3.8) is 0 Å². The summed E-state index contributed by atoms with van der Waals surface area (Å²) in [4.78, 5) is 16.6. The molecule has 0 aliphatic heterocycles. The van der Waals surface area contributed by atoms with Crippen LogP contribution in [0.1, 0.15) is 16.1 Å². The fourth-order valence-electron chi connectivity index (χ4n) is 2.28. The van der Waals surface area contributed by atoms with Crippen LogP contribution in [0.5, 0.6) is 0 Å². The first kappa shape index (κ1) is 13.1. The Kier molecular flexibility index (Phi) is 3.28. The van der Waals surface area contributed by atoms with Gasteiger partial charge in [-0.3, -0.25) is 9.78 Å². The number of hydrogen-bond acceptors (Lipinski definition) is 3. The van der Waals surface area contributed by atoms with Crippen molar-refractivity contribution in [1.29, 1.82) is 0 Å².